The highest BCUT2D eigenvalue weighted by atomic mass is 32.1. The maximum absolute atomic E-state index is 5.52. The second-order valence-electron chi connectivity index (χ2n) is 8.51. The van der Waals surface area contributed by atoms with Crippen LogP contribution in [0, 0.1) is 17.8 Å². The molecule has 0 unspecified atom stereocenters. The molecule has 5 rings (SSSR count). The summed E-state index contributed by atoms with van der Waals surface area (Å²) in [5.74, 6) is 2.75. The van der Waals surface area contributed by atoms with E-state index in [-0.39, 0.29) is 5.54 Å². The lowest BCUT2D eigenvalue weighted by molar-refractivity contribution is -0.0101. The van der Waals surface area contributed by atoms with E-state index < -0.39 is 0 Å². The monoisotopic (exact) mass is 356 g/mol. The second kappa shape index (κ2) is 6.60. The SMILES string of the molecule is CN(C)c1ccc(C=NNC(=S)NC23CC4CC(CC(C4)C2)C3)cc1. The quantitative estimate of drug-likeness (QED) is 0.492. The van der Waals surface area contributed by atoms with E-state index in [1.165, 1.54) is 44.2 Å². The van der Waals surface area contributed by atoms with E-state index in [1.807, 2.05) is 20.3 Å². The van der Waals surface area contributed by atoms with Crippen LogP contribution >= 0.6 is 12.2 Å². The Kier molecular flexibility index (Phi) is 4.44. The first kappa shape index (κ1) is 16.8. The zero-order chi connectivity index (χ0) is 17.4. The number of nitrogens with one attached hydrogen (secondary N) is 2. The zero-order valence-corrected chi connectivity index (χ0v) is 16.0. The molecule has 4 saturated carbocycles. The molecule has 5 heteroatoms. The Balaban J connectivity index is 1.32. The maximum atomic E-state index is 5.52. The summed E-state index contributed by atoms with van der Waals surface area (Å²) in [6, 6.07) is 8.31. The second-order valence-corrected chi connectivity index (χ2v) is 8.92. The third-order valence-corrected chi connectivity index (χ3v) is 6.40. The predicted octanol–water partition coefficient (Wildman–Crippen LogP) is 3.52. The van der Waals surface area contributed by atoms with Gasteiger partial charge in [0.15, 0.2) is 5.11 Å². The van der Waals surface area contributed by atoms with Crippen LogP contribution in [0.15, 0.2) is 29.4 Å². The summed E-state index contributed by atoms with van der Waals surface area (Å²) in [7, 11) is 4.08. The molecule has 1 aromatic carbocycles. The largest absolute Gasteiger partial charge is 0.378 e. The van der Waals surface area contributed by atoms with Gasteiger partial charge in [-0.15, -0.1) is 0 Å². The van der Waals surface area contributed by atoms with Crippen molar-refractivity contribution >= 4 is 29.2 Å². The maximum Gasteiger partial charge on any atom is 0.187 e. The molecule has 0 amide bonds. The van der Waals surface area contributed by atoms with Gasteiger partial charge in [0, 0.05) is 25.3 Å². The number of benzene rings is 1. The van der Waals surface area contributed by atoms with E-state index in [4.69, 9.17) is 12.2 Å². The van der Waals surface area contributed by atoms with Crippen molar-refractivity contribution in [2.45, 2.75) is 44.1 Å². The highest BCUT2D eigenvalue weighted by Crippen LogP contribution is 2.55. The predicted molar refractivity (Wildman–Crippen MR) is 108 cm³/mol. The van der Waals surface area contributed by atoms with Gasteiger partial charge in [-0.05, 0) is 86.2 Å². The van der Waals surface area contributed by atoms with Crippen LogP contribution in [0.4, 0.5) is 5.69 Å². The number of rotatable bonds is 4. The first-order valence-corrected chi connectivity index (χ1v) is 9.81. The van der Waals surface area contributed by atoms with E-state index in [9.17, 15) is 0 Å². The molecule has 0 spiro atoms. The van der Waals surface area contributed by atoms with Gasteiger partial charge in [0.25, 0.3) is 0 Å². The molecule has 4 aliphatic carbocycles. The minimum Gasteiger partial charge on any atom is -0.378 e. The Labute approximate surface area is 156 Å². The third kappa shape index (κ3) is 3.66. The molecule has 0 aromatic heterocycles. The lowest BCUT2D eigenvalue weighted by Gasteiger charge is -2.57. The highest BCUT2D eigenvalue weighted by Gasteiger charge is 2.51. The van der Waals surface area contributed by atoms with Gasteiger partial charge in [-0.3, -0.25) is 5.43 Å². The number of anilines is 1. The summed E-state index contributed by atoms with van der Waals surface area (Å²) in [6.45, 7) is 0. The van der Waals surface area contributed by atoms with Crippen molar-refractivity contribution < 1.29 is 0 Å². The molecule has 25 heavy (non-hydrogen) atoms. The normalized spacial score (nSPS) is 32.8. The molecule has 4 fully saturated rings. The number of hydrogen-bond donors (Lipinski definition) is 2. The number of hydrazone groups is 1. The minimum atomic E-state index is 0.238. The van der Waals surface area contributed by atoms with Gasteiger partial charge in [0.2, 0.25) is 0 Å². The molecular formula is C20H28N4S. The summed E-state index contributed by atoms with van der Waals surface area (Å²) >= 11 is 5.52. The van der Waals surface area contributed by atoms with Crippen LogP contribution in [0.2, 0.25) is 0 Å². The fraction of sp³-hybridized carbons (Fsp3) is 0.600. The van der Waals surface area contributed by atoms with E-state index in [2.05, 4.69) is 45.0 Å². The summed E-state index contributed by atoms with van der Waals surface area (Å²) < 4.78 is 0. The van der Waals surface area contributed by atoms with Gasteiger partial charge in [-0.2, -0.15) is 5.10 Å². The average molecular weight is 357 g/mol. The van der Waals surface area contributed by atoms with Gasteiger partial charge in [-0.25, -0.2) is 0 Å². The topological polar surface area (TPSA) is 39.7 Å². The van der Waals surface area contributed by atoms with E-state index in [0.29, 0.717) is 5.11 Å². The Morgan fingerprint density at radius 1 is 1.08 bits per heavy atom. The Bertz CT molecular complexity index is 629. The summed E-state index contributed by atoms with van der Waals surface area (Å²) in [5, 5.41) is 8.63. The zero-order valence-electron chi connectivity index (χ0n) is 15.2. The lowest BCUT2D eigenvalue weighted by Crippen LogP contribution is -2.61. The molecule has 134 valence electrons. The Morgan fingerprint density at radius 3 is 2.16 bits per heavy atom. The first-order chi connectivity index (χ1) is 12.0. The molecule has 4 aliphatic rings. The van der Waals surface area contributed by atoms with Crippen LogP contribution in [0.1, 0.15) is 44.1 Å². The molecule has 4 bridgehead atoms. The number of thiocarbonyl (C=S) groups is 1. The molecule has 0 atom stereocenters. The van der Waals surface area contributed by atoms with Crippen molar-refractivity contribution in [1.82, 2.24) is 10.7 Å². The molecule has 0 heterocycles. The van der Waals surface area contributed by atoms with Crippen LogP contribution in [0.3, 0.4) is 0 Å². The van der Waals surface area contributed by atoms with E-state index in [1.54, 1.807) is 0 Å². The molecule has 0 radical (unpaired) electrons. The lowest BCUT2D eigenvalue weighted by atomic mass is 9.53. The minimum absolute atomic E-state index is 0.238. The van der Waals surface area contributed by atoms with Crippen LogP contribution < -0.4 is 15.6 Å². The van der Waals surface area contributed by atoms with Crippen molar-refractivity contribution in [2.24, 2.45) is 22.9 Å². The fourth-order valence-electron chi connectivity index (χ4n) is 5.56. The van der Waals surface area contributed by atoms with Crippen molar-refractivity contribution in [3.05, 3.63) is 29.8 Å². The first-order valence-electron chi connectivity index (χ1n) is 9.40. The Hall–Kier alpha value is -1.62. The Morgan fingerprint density at radius 2 is 1.64 bits per heavy atom. The molecule has 0 saturated heterocycles. The van der Waals surface area contributed by atoms with Crippen molar-refractivity contribution in [3.8, 4) is 0 Å². The van der Waals surface area contributed by atoms with Gasteiger partial charge in [-0.1, -0.05) is 12.1 Å². The van der Waals surface area contributed by atoms with E-state index in [0.717, 1.165) is 23.3 Å². The number of nitrogens with zero attached hydrogens (tertiary/aromatic N) is 2. The summed E-state index contributed by atoms with van der Waals surface area (Å²) in [5.41, 5.74) is 5.51. The summed E-state index contributed by atoms with van der Waals surface area (Å²) in [6.07, 6.45) is 10.0. The molecule has 4 nitrogen and oxygen atoms in total. The van der Waals surface area contributed by atoms with Crippen molar-refractivity contribution in [3.63, 3.8) is 0 Å². The standard InChI is InChI=1S/C20H28N4S/c1-24(2)18-5-3-14(4-6-18)13-21-23-19(25)22-20-10-15-7-16(11-20)9-17(8-15)12-20/h3-6,13,15-17H,7-12H2,1-2H3,(H2,22,23,25). The van der Waals surface area contributed by atoms with Crippen molar-refractivity contribution in [2.75, 3.05) is 19.0 Å². The number of hydrogen-bond acceptors (Lipinski definition) is 3. The van der Waals surface area contributed by atoms with Gasteiger partial charge in [0.05, 0.1) is 6.21 Å². The fourth-order valence-corrected chi connectivity index (χ4v) is 5.83. The smallest absolute Gasteiger partial charge is 0.187 e. The van der Waals surface area contributed by atoms with E-state index >= 15 is 0 Å². The van der Waals surface area contributed by atoms with Crippen LogP contribution in [-0.2, 0) is 0 Å². The highest BCUT2D eigenvalue weighted by molar-refractivity contribution is 7.80. The third-order valence-electron chi connectivity index (χ3n) is 6.21. The van der Waals surface area contributed by atoms with Gasteiger partial charge >= 0.3 is 0 Å². The molecule has 0 aliphatic heterocycles. The van der Waals surface area contributed by atoms with Crippen LogP contribution in [-0.4, -0.2) is 31.0 Å². The molecular weight excluding hydrogens is 328 g/mol. The van der Waals surface area contributed by atoms with Gasteiger partial charge < -0.3 is 10.2 Å². The average Bonchev–Trinajstić information content (AvgIpc) is 2.53. The van der Waals surface area contributed by atoms with Crippen LogP contribution in [0.5, 0.6) is 0 Å². The van der Waals surface area contributed by atoms with Crippen molar-refractivity contribution in [1.29, 1.82) is 0 Å². The molecule has 2 N–H and O–H groups in total. The molecule has 1 aromatic rings. The van der Waals surface area contributed by atoms with Crippen LogP contribution in [0.25, 0.3) is 0 Å². The summed E-state index contributed by atoms with van der Waals surface area (Å²) in [4.78, 5) is 2.09. The van der Waals surface area contributed by atoms with Gasteiger partial charge in [0.1, 0.15) is 0 Å².